The van der Waals surface area contributed by atoms with Gasteiger partial charge in [0.2, 0.25) is 0 Å². The normalized spacial score (nSPS) is 10.5. The Morgan fingerprint density at radius 1 is 1.21 bits per heavy atom. The van der Waals surface area contributed by atoms with Gasteiger partial charge in [-0.1, -0.05) is 24.3 Å². The molecule has 0 saturated carbocycles. The smallest absolute Gasteiger partial charge is 0.261 e. The van der Waals surface area contributed by atoms with Gasteiger partial charge in [0.25, 0.3) is 5.91 Å². The van der Waals surface area contributed by atoms with E-state index in [2.05, 4.69) is 5.32 Å². The summed E-state index contributed by atoms with van der Waals surface area (Å²) in [6, 6.07) is 9.47. The molecule has 1 aromatic carbocycles. The molecule has 1 heterocycles. The van der Waals surface area contributed by atoms with Crippen molar-refractivity contribution in [2.24, 2.45) is 0 Å². The fraction of sp³-hybridized carbons (Fsp3) is 0.267. The van der Waals surface area contributed by atoms with Gasteiger partial charge in [0, 0.05) is 11.4 Å². The van der Waals surface area contributed by atoms with E-state index < -0.39 is 0 Å². The molecule has 2 N–H and O–H groups in total. The number of hydrogen-bond acceptors (Lipinski definition) is 3. The summed E-state index contributed by atoms with van der Waals surface area (Å²) in [5.41, 5.74) is 3.05. The number of aryl methyl sites for hydroxylation is 2. The van der Waals surface area contributed by atoms with Gasteiger partial charge in [-0.05, 0) is 36.6 Å². The highest BCUT2D eigenvalue weighted by molar-refractivity contribution is 7.14. The molecule has 0 aliphatic heterocycles. The third-order valence-electron chi connectivity index (χ3n) is 3.05. The van der Waals surface area contributed by atoms with Gasteiger partial charge in [0.15, 0.2) is 0 Å². The first kappa shape index (κ1) is 13.8. The highest BCUT2D eigenvalue weighted by Gasteiger charge is 2.09. The van der Waals surface area contributed by atoms with Gasteiger partial charge >= 0.3 is 0 Å². The second-order valence-corrected chi connectivity index (χ2v) is 5.76. The molecule has 2 aromatic rings. The molecule has 0 unspecified atom stereocenters. The molecule has 1 aromatic heterocycles. The van der Waals surface area contributed by atoms with Crippen molar-refractivity contribution in [1.29, 1.82) is 0 Å². The lowest BCUT2D eigenvalue weighted by Crippen LogP contribution is -2.21. The summed E-state index contributed by atoms with van der Waals surface area (Å²) in [5, 5.41) is 11.9. The maximum absolute atomic E-state index is 12.0. The van der Waals surface area contributed by atoms with Crippen molar-refractivity contribution in [3.8, 4) is 0 Å². The van der Waals surface area contributed by atoms with E-state index in [9.17, 15) is 4.79 Å². The minimum absolute atomic E-state index is 0.0348. The zero-order valence-corrected chi connectivity index (χ0v) is 11.9. The second kappa shape index (κ2) is 5.99. The zero-order valence-electron chi connectivity index (χ0n) is 11.1. The molecular weight excluding hydrogens is 258 g/mol. The predicted molar refractivity (Wildman–Crippen MR) is 77.3 cm³/mol. The Bertz CT molecular complexity index is 553. The molecule has 3 nitrogen and oxygen atoms in total. The van der Waals surface area contributed by atoms with E-state index in [1.165, 1.54) is 16.2 Å². The second-order valence-electron chi connectivity index (χ2n) is 4.51. The van der Waals surface area contributed by atoms with Crippen molar-refractivity contribution in [3.05, 3.63) is 56.8 Å². The number of nitrogens with one attached hydrogen (secondary N) is 1. The highest BCUT2D eigenvalue weighted by Crippen LogP contribution is 2.20. The van der Waals surface area contributed by atoms with Crippen molar-refractivity contribution in [2.45, 2.75) is 27.0 Å². The molecule has 0 atom stereocenters. The van der Waals surface area contributed by atoms with E-state index >= 15 is 0 Å². The Hall–Kier alpha value is -1.65. The molecule has 0 aliphatic rings. The highest BCUT2D eigenvalue weighted by atomic mass is 32.1. The molecule has 19 heavy (non-hydrogen) atoms. The number of hydrogen-bond donors (Lipinski definition) is 2. The number of carbonyl (C=O) groups excluding carboxylic acids is 1. The van der Waals surface area contributed by atoms with Crippen molar-refractivity contribution in [1.82, 2.24) is 5.32 Å². The van der Waals surface area contributed by atoms with Crippen LogP contribution in [0.2, 0.25) is 0 Å². The van der Waals surface area contributed by atoms with Gasteiger partial charge in [-0.25, -0.2) is 0 Å². The van der Waals surface area contributed by atoms with Crippen LogP contribution in [0.25, 0.3) is 0 Å². The van der Waals surface area contributed by atoms with Crippen LogP contribution in [0.15, 0.2) is 30.3 Å². The number of carbonyl (C=O) groups is 1. The third-order valence-corrected chi connectivity index (χ3v) is 4.20. The summed E-state index contributed by atoms with van der Waals surface area (Å²) >= 11 is 1.52. The van der Waals surface area contributed by atoms with Gasteiger partial charge in [0.05, 0.1) is 11.5 Å². The first-order chi connectivity index (χ1) is 9.10. The van der Waals surface area contributed by atoms with Gasteiger partial charge < -0.3 is 10.4 Å². The molecule has 1 amide bonds. The van der Waals surface area contributed by atoms with Gasteiger partial charge in [-0.2, -0.15) is 0 Å². The van der Waals surface area contributed by atoms with Crippen molar-refractivity contribution < 1.29 is 9.90 Å². The summed E-state index contributed by atoms with van der Waals surface area (Å²) in [6.45, 7) is 4.57. The zero-order chi connectivity index (χ0) is 13.8. The average Bonchev–Trinajstić information content (AvgIpc) is 2.77. The van der Waals surface area contributed by atoms with E-state index in [1.807, 2.05) is 44.2 Å². The molecule has 0 spiro atoms. The predicted octanol–water partition coefficient (Wildman–Crippen LogP) is 2.79. The van der Waals surface area contributed by atoms with Crippen molar-refractivity contribution in [2.75, 3.05) is 0 Å². The molecule has 100 valence electrons. The number of aliphatic hydroxyl groups is 1. The standard InChI is InChI=1S/C15H17NO2S/c1-10-7-14(19-11(10)2)15(18)16-8-12-3-5-13(9-17)6-4-12/h3-7,17H,8-9H2,1-2H3,(H,16,18). The molecule has 0 bridgehead atoms. The number of benzene rings is 1. The molecule has 0 radical (unpaired) electrons. The van der Waals surface area contributed by atoms with E-state index in [0.29, 0.717) is 6.54 Å². The lowest BCUT2D eigenvalue weighted by atomic mass is 10.1. The minimum Gasteiger partial charge on any atom is -0.392 e. The molecule has 0 fully saturated rings. The van der Waals surface area contributed by atoms with Crippen LogP contribution in [-0.2, 0) is 13.2 Å². The fourth-order valence-electron chi connectivity index (χ4n) is 1.72. The molecule has 2 rings (SSSR count). The van der Waals surface area contributed by atoms with Gasteiger partial charge in [-0.3, -0.25) is 4.79 Å². The monoisotopic (exact) mass is 275 g/mol. The number of amides is 1. The van der Waals surface area contributed by atoms with E-state index in [1.54, 1.807) is 0 Å². The minimum atomic E-state index is -0.0348. The average molecular weight is 275 g/mol. The topological polar surface area (TPSA) is 49.3 Å². The summed E-state index contributed by atoms with van der Waals surface area (Å²) in [6.07, 6.45) is 0. The molecule has 0 aliphatic carbocycles. The summed E-state index contributed by atoms with van der Waals surface area (Å²) in [5.74, 6) is -0.0348. The fourth-order valence-corrected chi connectivity index (χ4v) is 2.67. The van der Waals surface area contributed by atoms with Crippen LogP contribution in [0, 0.1) is 13.8 Å². The maximum Gasteiger partial charge on any atom is 0.261 e. The van der Waals surface area contributed by atoms with Crippen LogP contribution in [0.5, 0.6) is 0 Å². The molecular formula is C15H17NO2S. The van der Waals surface area contributed by atoms with Crippen LogP contribution in [0.3, 0.4) is 0 Å². The van der Waals surface area contributed by atoms with Crippen LogP contribution in [-0.4, -0.2) is 11.0 Å². The van der Waals surface area contributed by atoms with E-state index in [-0.39, 0.29) is 12.5 Å². The number of rotatable bonds is 4. The Labute approximate surface area is 116 Å². The number of thiophene rings is 1. The Morgan fingerprint density at radius 3 is 2.37 bits per heavy atom. The van der Waals surface area contributed by atoms with Crippen LogP contribution >= 0.6 is 11.3 Å². The lowest BCUT2D eigenvalue weighted by Gasteiger charge is -2.04. The van der Waals surface area contributed by atoms with Crippen molar-refractivity contribution in [3.63, 3.8) is 0 Å². The lowest BCUT2D eigenvalue weighted by molar-refractivity contribution is 0.0955. The Balaban J connectivity index is 1.96. The summed E-state index contributed by atoms with van der Waals surface area (Å²) in [7, 11) is 0. The summed E-state index contributed by atoms with van der Waals surface area (Å²) < 4.78 is 0. The molecule has 4 heteroatoms. The van der Waals surface area contributed by atoms with Gasteiger partial charge in [-0.15, -0.1) is 11.3 Å². The van der Waals surface area contributed by atoms with Crippen LogP contribution in [0.1, 0.15) is 31.2 Å². The Kier molecular flexibility index (Phi) is 4.35. The van der Waals surface area contributed by atoms with Crippen LogP contribution in [0.4, 0.5) is 0 Å². The van der Waals surface area contributed by atoms with Gasteiger partial charge in [0.1, 0.15) is 0 Å². The quantitative estimate of drug-likeness (QED) is 0.901. The number of aliphatic hydroxyl groups excluding tert-OH is 1. The molecule has 0 saturated heterocycles. The first-order valence-corrected chi connectivity index (χ1v) is 6.95. The van der Waals surface area contributed by atoms with E-state index in [4.69, 9.17) is 5.11 Å². The third kappa shape index (κ3) is 3.43. The SMILES string of the molecule is Cc1cc(C(=O)NCc2ccc(CO)cc2)sc1C. The Morgan fingerprint density at radius 2 is 1.84 bits per heavy atom. The summed E-state index contributed by atoms with van der Waals surface area (Å²) in [4.78, 5) is 13.9. The van der Waals surface area contributed by atoms with E-state index in [0.717, 1.165) is 21.6 Å². The van der Waals surface area contributed by atoms with Crippen LogP contribution < -0.4 is 5.32 Å². The largest absolute Gasteiger partial charge is 0.392 e. The van der Waals surface area contributed by atoms with Crippen molar-refractivity contribution >= 4 is 17.2 Å². The maximum atomic E-state index is 12.0. The first-order valence-electron chi connectivity index (χ1n) is 6.14.